The van der Waals surface area contributed by atoms with Crippen molar-refractivity contribution in [2.45, 2.75) is 55.4 Å². The van der Waals surface area contributed by atoms with E-state index in [0.29, 0.717) is 0 Å². The van der Waals surface area contributed by atoms with Crippen LogP contribution in [0.2, 0.25) is 0 Å². The third kappa shape index (κ3) is 7.86. The Kier molecular flexibility index (Phi) is 11.2. The maximum Gasteiger partial charge on any atom is 0.164 e. The first-order chi connectivity index (χ1) is 24.2. The topological polar surface area (TPSA) is 88.9 Å². The molecule has 0 saturated heterocycles. The molecule has 0 fully saturated rings. The van der Waals surface area contributed by atoms with Gasteiger partial charge in [0.1, 0.15) is 5.76 Å². The fourth-order valence-electron chi connectivity index (χ4n) is 5.82. The van der Waals surface area contributed by atoms with Gasteiger partial charge < -0.3 is 15.1 Å². The van der Waals surface area contributed by atoms with E-state index in [4.69, 9.17) is 0 Å². The number of hydrogen-bond acceptors (Lipinski definition) is 6. The summed E-state index contributed by atoms with van der Waals surface area (Å²) >= 11 is 0. The summed E-state index contributed by atoms with van der Waals surface area (Å²) in [5.74, 6) is 0.104. The van der Waals surface area contributed by atoms with Gasteiger partial charge in [0, 0.05) is 60.4 Å². The van der Waals surface area contributed by atoms with Crippen LogP contribution in [0.3, 0.4) is 0 Å². The van der Waals surface area contributed by atoms with Gasteiger partial charge >= 0.3 is 0 Å². The van der Waals surface area contributed by atoms with Crippen molar-refractivity contribution in [2.75, 3.05) is 0 Å². The first-order valence-electron chi connectivity index (χ1n) is 17.1. The van der Waals surface area contributed by atoms with Gasteiger partial charge in [0.25, 0.3) is 0 Å². The summed E-state index contributed by atoms with van der Waals surface area (Å²) in [5.41, 5.74) is 4.90. The molecule has 2 aromatic heterocycles. The summed E-state index contributed by atoms with van der Waals surface area (Å²) in [7, 11) is 0. The van der Waals surface area contributed by atoms with E-state index in [9.17, 15) is 9.90 Å². The van der Waals surface area contributed by atoms with E-state index in [1.807, 2.05) is 104 Å². The Balaban J connectivity index is 0.000000153. The number of aliphatic hydroxyl groups is 1. The standard InChI is InChI=1S/2C17H11N2.C11H20O2.Ir/c2*1-11-10-18-16-14-8-4-2-6-12(14)13-7-3-5-9-15(13)17(16)19-11;1-10(2,3)8(12)7-9(13)11(4,5)6;/h2*2-7,9-10H,1H3;7,12H,1-6H3;/q2*-1;;/b;;8-7-;. The van der Waals surface area contributed by atoms with Crippen LogP contribution in [0.1, 0.15) is 52.9 Å². The van der Waals surface area contributed by atoms with Crippen molar-refractivity contribution in [1.82, 2.24) is 19.9 Å². The molecule has 0 aliphatic heterocycles. The third-order valence-electron chi connectivity index (χ3n) is 8.69. The number of aliphatic hydroxyl groups excluding tert-OH is 1. The van der Waals surface area contributed by atoms with E-state index in [1.165, 1.54) is 27.6 Å². The number of aryl methyl sites for hydroxylation is 2. The van der Waals surface area contributed by atoms with E-state index in [-0.39, 0.29) is 37.1 Å². The molecule has 7 heteroatoms. The van der Waals surface area contributed by atoms with Crippen molar-refractivity contribution in [3.63, 3.8) is 0 Å². The van der Waals surface area contributed by atoms with E-state index in [0.717, 1.165) is 55.0 Å². The van der Waals surface area contributed by atoms with Crippen molar-refractivity contribution < 1.29 is 30.0 Å². The van der Waals surface area contributed by atoms with Crippen molar-refractivity contribution in [1.29, 1.82) is 0 Å². The fourth-order valence-corrected chi connectivity index (χ4v) is 5.82. The quantitative estimate of drug-likeness (QED) is 0.0765. The van der Waals surface area contributed by atoms with Crippen LogP contribution in [0.4, 0.5) is 0 Å². The number of carbonyl (C=O) groups is 1. The number of fused-ring (bicyclic) bond motifs is 12. The number of rotatable bonds is 1. The molecule has 0 aliphatic carbocycles. The Hall–Kier alpha value is -5.10. The Bertz CT molecular complexity index is 2390. The Morgan fingerprint density at radius 3 is 1.35 bits per heavy atom. The summed E-state index contributed by atoms with van der Waals surface area (Å²) in [6.07, 6.45) is 4.97. The first-order valence-corrected chi connectivity index (χ1v) is 17.1. The van der Waals surface area contributed by atoms with Crippen molar-refractivity contribution in [3.05, 3.63) is 133 Å². The first kappa shape index (κ1) is 38.1. The van der Waals surface area contributed by atoms with E-state index in [1.54, 1.807) is 0 Å². The van der Waals surface area contributed by atoms with Crippen molar-refractivity contribution in [2.24, 2.45) is 10.8 Å². The molecule has 0 aliphatic rings. The number of aromatic nitrogens is 4. The molecular formula is C45H42IrN4O2-2. The number of carbonyl (C=O) groups excluding carboxylic acids is 1. The fraction of sp³-hybridized carbons (Fsp3) is 0.222. The summed E-state index contributed by atoms with van der Waals surface area (Å²) < 4.78 is 0. The summed E-state index contributed by atoms with van der Waals surface area (Å²) in [6.45, 7) is 15.1. The molecule has 1 N–H and O–H groups in total. The van der Waals surface area contributed by atoms with Gasteiger partial charge in [0.05, 0.1) is 22.4 Å². The minimum absolute atomic E-state index is 0. The number of ketones is 1. The molecule has 8 rings (SSSR count). The maximum absolute atomic E-state index is 11.5. The zero-order valence-electron chi connectivity index (χ0n) is 30.8. The molecular weight excluding hydrogens is 821 g/mol. The normalized spacial score (nSPS) is 12.0. The van der Waals surface area contributed by atoms with E-state index < -0.39 is 5.41 Å². The van der Waals surface area contributed by atoms with Gasteiger partial charge in [0.2, 0.25) is 0 Å². The van der Waals surface area contributed by atoms with Gasteiger partial charge in [-0.15, -0.1) is 59.3 Å². The van der Waals surface area contributed by atoms with Gasteiger partial charge in [-0.2, -0.15) is 0 Å². The Labute approximate surface area is 318 Å². The van der Waals surface area contributed by atoms with Crippen LogP contribution >= 0.6 is 0 Å². The molecule has 0 unspecified atom stereocenters. The predicted molar refractivity (Wildman–Crippen MR) is 211 cm³/mol. The minimum atomic E-state index is -0.417. The van der Waals surface area contributed by atoms with E-state index in [2.05, 4.69) is 80.6 Å². The molecule has 6 aromatic carbocycles. The predicted octanol–water partition coefficient (Wildman–Crippen LogP) is 11.2. The molecule has 0 atom stereocenters. The maximum atomic E-state index is 11.5. The Morgan fingerprint density at radius 1 is 0.577 bits per heavy atom. The second-order valence-electron chi connectivity index (χ2n) is 14.8. The van der Waals surface area contributed by atoms with Crippen molar-refractivity contribution >= 4 is 70.9 Å². The molecule has 2 heterocycles. The van der Waals surface area contributed by atoms with Gasteiger partial charge in [-0.25, -0.2) is 0 Å². The zero-order valence-corrected chi connectivity index (χ0v) is 33.2. The van der Waals surface area contributed by atoms with Gasteiger partial charge in [-0.1, -0.05) is 112 Å². The second kappa shape index (κ2) is 15.2. The van der Waals surface area contributed by atoms with Crippen LogP contribution < -0.4 is 0 Å². The van der Waals surface area contributed by atoms with Crippen LogP contribution in [0.5, 0.6) is 0 Å². The monoisotopic (exact) mass is 863 g/mol. The van der Waals surface area contributed by atoms with Gasteiger partial charge in [-0.05, 0) is 24.6 Å². The summed E-state index contributed by atoms with van der Waals surface area (Å²) in [6, 6.07) is 35.4. The molecule has 0 bridgehead atoms. The zero-order chi connectivity index (χ0) is 36.5. The number of allylic oxidation sites excluding steroid dienone is 2. The van der Waals surface area contributed by atoms with Crippen LogP contribution in [-0.2, 0) is 24.9 Å². The number of hydrogen-bond donors (Lipinski definition) is 1. The SMILES string of the molecule is CC(C)(C)C(=O)/C=C(\O)C(C)(C)C.Cc1cnc2c3[c-]cccc3c3ccccc3c2n1.Cc1cnc2c3[c-]cccc3c3ccccc3c2n1.[Ir]. The molecule has 0 saturated carbocycles. The number of nitrogens with zero attached hydrogens (tertiary/aromatic N) is 4. The smallest absolute Gasteiger partial charge is 0.164 e. The minimum Gasteiger partial charge on any atom is -0.512 e. The summed E-state index contributed by atoms with van der Waals surface area (Å²) in [4.78, 5) is 30.0. The van der Waals surface area contributed by atoms with E-state index >= 15 is 0 Å². The molecule has 0 amide bonds. The van der Waals surface area contributed by atoms with Crippen LogP contribution in [-0.4, -0.2) is 30.8 Å². The van der Waals surface area contributed by atoms with Crippen LogP contribution in [0.25, 0.3) is 65.2 Å². The molecule has 265 valence electrons. The summed E-state index contributed by atoms with van der Waals surface area (Å²) in [5, 5.41) is 18.7. The molecule has 6 nitrogen and oxygen atoms in total. The van der Waals surface area contributed by atoms with Crippen molar-refractivity contribution in [3.8, 4) is 0 Å². The molecule has 0 spiro atoms. The van der Waals surface area contributed by atoms with Crippen LogP contribution in [0, 0.1) is 36.8 Å². The van der Waals surface area contributed by atoms with Crippen LogP contribution in [0.15, 0.2) is 109 Å². The molecule has 52 heavy (non-hydrogen) atoms. The largest absolute Gasteiger partial charge is 0.512 e. The average molecular weight is 863 g/mol. The Morgan fingerprint density at radius 2 is 0.962 bits per heavy atom. The third-order valence-corrected chi connectivity index (χ3v) is 8.69. The van der Waals surface area contributed by atoms with Gasteiger partial charge in [-0.3, -0.25) is 14.8 Å². The molecule has 8 aromatic rings. The second-order valence-corrected chi connectivity index (χ2v) is 14.8. The molecule has 1 radical (unpaired) electrons. The number of benzene rings is 6. The van der Waals surface area contributed by atoms with Gasteiger partial charge in [0.15, 0.2) is 5.78 Å². The average Bonchev–Trinajstić information content (AvgIpc) is 3.11.